The van der Waals surface area contributed by atoms with Crippen molar-refractivity contribution in [3.8, 4) is 0 Å². The second-order valence-electron chi connectivity index (χ2n) is 6.13. The summed E-state index contributed by atoms with van der Waals surface area (Å²) in [7, 11) is 0. The maximum atomic E-state index is 12.0. The summed E-state index contributed by atoms with van der Waals surface area (Å²) in [6.07, 6.45) is 0.791. The molecule has 0 aliphatic rings. The van der Waals surface area contributed by atoms with Crippen LogP contribution in [0.4, 0.5) is 4.79 Å². The molecule has 0 bridgehead atoms. The van der Waals surface area contributed by atoms with E-state index in [2.05, 4.69) is 29.7 Å². The summed E-state index contributed by atoms with van der Waals surface area (Å²) in [4.78, 5) is 14.5. The standard InChI is InChI=1S/C17H24N2O3S/c1-11(9-14-7-6-13(3)23-14)19-16(20)18-10-17(4,21)15-8-5-12(2)22-15/h5-8,11,21H,9-10H2,1-4H3,(H2,18,19,20). The van der Waals surface area contributed by atoms with Gasteiger partial charge in [-0.05, 0) is 52.0 Å². The number of carbonyl (C=O) groups excluding carboxylic acids is 1. The van der Waals surface area contributed by atoms with Crippen molar-refractivity contribution in [1.29, 1.82) is 0 Å². The van der Waals surface area contributed by atoms with Gasteiger partial charge in [-0.15, -0.1) is 11.3 Å². The highest BCUT2D eigenvalue weighted by Crippen LogP contribution is 2.22. The second kappa shape index (κ2) is 7.19. The minimum atomic E-state index is -1.24. The lowest BCUT2D eigenvalue weighted by Crippen LogP contribution is -2.46. The predicted octanol–water partition coefficient (Wildman–Crippen LogP) is 3.10. The largest absolute Gasteiger partial charge is 0.463 e. The molecule has 2 atom stereocenters. The van der Waals surface area contributed by atoms with E-state index in [1.54, 1.807) is 30.4 Å². The van der Waals surface area contributed by atoms with Crippen molar-refractivity contribution in [3.63, 3.8) is 0 Å². The van der Waals surface area contributed by atoms with Crippen molar-refractivity contribution >= 4 is 17.4 Å². The van der Waals surface area contributed by atoms with Gasteiger partial charge >= 0.3 is 6.03 Å². The van der Waals surface area contributed by atoms with Crippen molar-refractivity contribution in [3.05, 3.63) is 45.5 Å². The number of aliphatic hydroxyl groups is 1. The molecule has 0 fully saturated rings. The number of furan rings is 1. The van der Waals surface area contributed by atoms with Gasteiger partial charge in [-0.2, -0.15) is 0 Å². The number of hydrogen-bond donors (Lipinski definition) is 3. The number of rotatable bonds is 6. The normalized spacial score (nSPS) is 15.0. The van der Waals surface area contributed by atoms with Crippen molar-refractivity contribution in [2.45, 2.75) is 45.8 Å². The summed E-state index contributed by atoms with van der Waals surface area (Å²) in [5.41, 5.74) is -1.24. The van der Waals surface area contributed by atoms with Gasteiger partial charge in [0.05, 0.1) is 6.54 Å². The Kier molecular flexibility index (Phi) is 5.49. The molecule has 0 saturated heterocycles. The molecule has 6 heteroatoms. The Hall–Kier alpha value is -1.79. The second-order valence-corrected chi connectivity index (χ2v) is 7.50. The first-order chi connectivity index (χ1) is 10.8. The van der Waals surface area contributed by atoms with Crippen LogP contribution in [0.2, 0.25) is 0 Å². The molecule has 3 N–H and O–H groups in total. The SMILES string of the molecule is Cc1ccc(C(C)(O)CNC(=O)NC(C)Cc2ccc(C)s2)o1. The van der Waals surface area contributed by atoms with E-state index in [1.165, 1.54) is 9.75 Å². The molecule has 0 aromatic carbocycles. The highest BCUT2D eigenvalue weighted by molar-refractivity contribution is 7.11. The van der Waals surface area contributed by atoms with Gasteiger partial charge in [-0.3, -0.25) is 0 Å². The Labute approximate surface area is 140 Å². The van der Waals surface area contributed by atoms with Crippen molar-refractivity contribution < 1.29 is 14.3 Å². The van der Waals surface area contributed by atoms with E-state index in [0.29, 0.717) is 5.76 Å². The number of hydrogen-bond acceptors (Lipinski definition) is 4. The summed E-state index contributed by atoms with van der Waals surface area (Å²) in [6.45, 7) is 7.54. The van der Waals surface area contributed by atoms with Crippen molar-refractivity contribution in [2.75, 3.05) is 6.54 Å². The van der Waals surface area contributed by atoms with Gasteiger partial charge in [0, 0.05) is 22.2 Å². The topological polar surface area (TPSA) is 74.5 Å². The van der Waals surface area contributed by atoms with E-state index < -0.39 is 5.60 Å². The maximum Gasteiger partial charge on any atom is 0.315 e. The molecular formula is C17H24N2O3S. The molecule has 2 rings (SSSR count). The Morgan fingerprint density at radius 1 is 1.35 bits per heavy atom. The van der Waals surface area contributed by atoms with Gasteiger partial charge in [-0.25, -0.2) is 4.79 Å². The molecule has 0 aliphatic carbocycles. The summed E-state index contributed by atoms with van der Waals surface area (Å²) in [5, 5.41) is 16.0. The molecule has 2 amide bonds. The average Bonchev–Trinajstić information content (AvgIpc) is 3.06. The molecule has 23 heavy (non-hydrogen) atoms. The van der Waals surface area contributed by atoms with E-state index in [1.807, 2.05) is 13.8 Å². The molecule has 2 unspecified atom stereocenters. The lowest BCUT2D eigenvalue weighted by atomic mass is 10.0. The summed E-state index contributed by atoms with van der Waals surface area (Å²) in [5.74, 6) is 1.17. The van der Waals surface area contributed by atoms with Crippen LogP contribution in [0.25, 0.3) is 0 Å². The fourth-order valence-electron chi connectivity index (χ4n) is 2.29. The van der Waals surface area contributed by atoms with Crippen LogP contribution in [-0.4, -0.2) is 23.7 Å². The molecule has 2 heterocycles. The highest BCUT2D eigenvalue weighted by atomic mass is 32.1. The molecule has 0 radical (unpaired) electrons. The lowest BCUT2D eigenvalue weighted by molar-refractivity contribution is 0.0359. The zero-order chi connectivity index (χ0) is 17.0. The number of nitrogens with one attached hydrogen (secondary N) is 2. The number of carbonyl (C=O) groups is 1. The van der Waals surface area contributed by atoms with Crippen LogP contribution >= 0.6 is 11.3 Å². The minimum absolute atomic E-state index is 0.0175. The zero-order valence-corrected chi connectivity index (χ0v) is 14.8. The first-order valence-corrected chi connectivity index (χ1v) is 8.47. The third kappa shape index (κ3) is 5.11. The van der Waals surface area contributed by atoms with Gasteiger partial charge in [-0.1, -0.05) is 0 Å². The van der Waals surface area contributed by atoms with E-state index >= 15 is 0 Å². The molecule has 5 nitrogen and oxygen atoms in total. The summed E-state index contributed by atoms with van der Waals surface area (Å²) >= 11 is 1.74. The fraction of sp³-hybridized carbons (Fsp3) is 0.471. The predicted molar refractivity (Wildman–Crippen MR) is 91.8 cm³/mol. The quantitative estimate of drug-likeness (QED) is 0.759. The average molecular weight is 336 g/mol. The third-order valence-electron chi connectivity index (χ3n) is 3.55. The summed E-state index contributed by atoms with van der Waals surface area (Å²) < 4.78 is 5.42. The molecule has 0 aliphatic heterocycles. The Morgan fingerprint density at radius 2 is 2.09 bits per heavy atom. The van der Waals surface area contributed by atoms with Crippen LogP contribution in [-0.2, 0) is 12.0 Å². The Bertz CT molecular complexity index is 660. The molecule has 2 aromatic heterocycles. The molecule has 0 saturated carbocycles. The minimum Gasteiger partial charge on any atom is -0.463 e. The summed E-state index contributed by atoms with van der Waals surface area (Å²) in [6, 6.07) is 7.39. The van der Waals surface area contributed by atoms with Crippen LogP contribution in [0.15, 0.2) is 28.7 Å². The van der Waals surface area contributed by atoms with Gasteiger partial charge in [0.15, 0.2) is 0 Å². The number of aryl methyl sites for hydroxylation is 2. The molecule has 126 valence electrons. The fourth-order valence-corrected chi connectivity index (χ4v) is 3.31. The first kappa shape index (κ1) is 17.6. The van der Waals surface area contributed by atoms with E-state index in [0.717, 1.165) is 12.2 Å². The van der Waals surface area contributed by atoms with E-state index in [4.69, 9.17) is 4.42 Å². The van der Waals surface area contributed by atoms with Crippen LogP contribution in [0, 0.1) is 13.8 Å². The van der Waals surface area contributed by atoms with E-state index in [-0.39, 0.29) is 18.6 Å². The molecule has 0 spiro atoms. The van der Waals surface area contributed by atoms with Crippen LogP contribution in [0.1, 0.15) is 35.1 Å². The van der Waals surface area contributed by atoms with E-state index in [9.17, 15) is 9.90 Å². The van der Waals surface area contributed by atoms with Crippen LogP contribution in [0.3, 0.4) is 0 Å². The monoisotopic (exact) mass is 336 g/mol. The molecular weight excluding hydrogens is 312 g/mol. The third-order valence-corrected chi connectivity index (χ3v) is 4.57. The smallest absolute Gasteiger partial charge is 0.315 e. The highest BCUT2D eigenvalue weighted by Gasteiger charge is 2.27. The zero-order valence-electron chi connectivity index (χ0n) is 14.0. The first-order valence-electron chi connectivity index (χ1n) is 7.65. The number of thiophene rings is 1. The number of amides is 2. The Balaban J connectivity index is 1.80. The van der Waals surface area contributed by atoms with Crippen molar-refractivity contribution in [2.24, 2.45) is 0 Å². The number of urea groups is 1. The van der Waals surface area contributed by atoms with Crippen molar-refractivity contribution in [1.82, 2.24) is 10.6 Å². The van der Waals surface area contributed by atoms with Gasteiger partial charge < -0.3 is 20.2 Å². The molecule has 2 aromatic rings. The van der Waals surface area contributed by atoms with Gasteiger partial charge in [0.1, 0.15) is 17.1 Å². The van der Waals surface area contributed by atoms with Gasteiger partial charge in [0.25, 0.3) is 0 Å². The Morgan fingerprint density at radius 3 is 2.65 bits per heavy atom. The van der Waals surface area contributed by atoms with Gasteiger partial charge in [0.2, 0.25) is 0 Å². The lowest BCUT2D eigenvalue weighted by Gasteiger charge is -2.22. The van der Waals surface area contributed by atoms with Crippen LogP contribution in [0.5, 0.6) is 0 Å². The van der Waals surface area contributed by atoms with Crippen LogP contribution < -0.4 is 10.6 Å². The maximum absolute atomic E-state index is 12.0.